The number of nitrogens with zero attached hydrogens (tertiary/aromatic N) is 3. The van der Waals surface area contributed by atoms with Crippen molar-refractivity contribution >= 4 is 40.2 Å². The van der Waals surface area contributed by atoms with Gasteiger partial charge in [0.2, 0.25) is 5.91 Å². The summed E-state index contributed by atoms with van der Waals surface area (Å²) in [6, 6.07) is 4.21. The first-order chi connectivity index (χ1) is 9.49. The number of aromatic nitrogens is 3. The molecule has 0 saturated heterocycles. The number of carboxylic acid groups (broad SMARTS) is 1. The second-order valence-electron chi connectivity index (χ2n) is 4.04. The van der Waals surface area contributed by atoms with Crippen LogP contribution in [0.1, 0.15) is 23.3 Å². The van der Waals surface area contributed by atoms with Crippen LogP contribution in [0, 0.1) is 3.57 Å². The molecule has 0 radical (unpaired) electrons. The number of carbonyl (C=O) groups excluding carboxylic acids is 1. The lowest BCUT2D eigenvalue weighted by atomic mass is 10.1. The molecule has 2 aromatic rings. The van der Waals surface area contributed by atoms with E-state index in [9.17, 15) is 9.59 Å². The van der Waals surface area contributed by atoms with Crippen molar-refractivity contribution in [3.63, 3.8) is 0 Å². The van der Waals surface area contributed by atoms with Gasteiger partial charge in [0.25, 0.3) is 0 Å². The van der Waals surface area contributed by atoms with Gasteiger partial charge in [-0.2, -0.15) is 5.10 Å². The van der Waals surface area contributed by atoms with Gasteiger partial charge in [-0.15, -0.1) is 0 Å². The maximum absolute atomic E-state index is 12.1. The third-order valence-electron chi connectivity index (χ3n) is 2.68. The quantitative estimate of drug-likeness (QED) is 0.781. The van der Waals surface area contributed by atoms with Gasteiger partial charge in [0, 0.05) is 3.57 Å². The van der Waals surface area contributed by atoms with E-state index < -0.39 is 12.0 Å². The fourth-order valence-electron chi connectivity index (χ4n) is 1.58. The Labute approximate surface area is 128 Å². The van der Waals surface area contributed by atoms with Crippen molar-refractivity contribution in [2.24, 2.45) is 0 Å². The molecule has 0 aliphatic carbocycles. The van der Waals surface area contributed by atoms with Crippen LogP contribution in [0.15, 0.2) is 30.9 Å². The van der Waals surface area contributed by atoms with Gasteiger partial charge < -0.3 is 10.4 Å². The molecule has 0 saturated carbocycles. The number of benzene rings is 1. The third-order valence-corrected chi connectivity index (χ3v) is 3.35. The molecule has 0 spiro atoms. The van der Waals surface area contributed by atoms with Crippen molar-refractivity contribution in [3.05, 3.63) is 40.0 Å². The topological polar surface area (TPSA) is 97.1 Å². The van der Waals surface area contributed by atoms with E-state index in [4.69, 9.17) is 5.11 Å². The van der Waals surface area contributed by atoms with Crippen LogP contribution in [-0.4, -0.2) is 31.7 Å². The summed E-state index contributed by atoms with van der Waals surface area (Å²) in [5.74, 6) is -1.45. The van der Waals surface area contributed by atoms with Gasteiger partial charge in [-0.25, -0.2) is 14.5 Å². The minimum absolute atomic E-state index is 0.0519. The molecule has 2 rings (SSSR count). The molecular formula is C12H11IN4O3. The SMILES string of the molecule is CC(C(=O)Nc1ccc(I)cc1C(=O)O)n1cncn1. The fraction of sp³-hybridized carbons (Fsp3) is 0.167. The number of hydrogen-bond acceptors (Lipinski definition) is 4. The van der Waals surface area contributed by atoms with Crippen molar-refractivity contribution in [1.82, 2.24) is 14.8 Å². The van der Waals surface area contributed by atoms with Gasteiger partial charge in [-0.1, -0.05) is 0 Å². The molecule has 20 heavy (non-hydrogen) atoms. The summed E-state index contributed by atoms with van der Waals surface area (Å²) in [6.45, 7) is 1.65. The van der Waals surface area contributed by atoms with Crippen LogP contribution in [0.4, 0.5) is 5.69 Å². The standard InChI is InChI=1S/C12H11IN4O3/c1-7(17-6-14-5-15-17)11(18)16-10-3-2-8(13)4-9(10)12(19)20/h2-7H,1H3,(H,16,18)(H,19,20). The van der Waals surface area contributed by atoms with E-state index in [1.54, 1.807) is 19.1 Å². The van der Waals surface area contributed by atoms with Crippen LogP contribution in [0.3, 0.4) is 0 Å². The lowest BCUT2D eigenvalue weighted by molar-refractivity contribution is -0.119. The zero-order valence-electron chi connectivity index (χ0n) is 10.4. The van der Waals surface area contributed by atoms with E-state index in [2.05, 4.69) is 15.4 Å². The molecule has 104 valence electrons. The molecule has 1 aromatic carbocycles. The number of nitrogens with one attached hydrogen (secondary N) is 1. The van der Waals surface area contributed by atoms with Crippen molar-refractivity contribution in [3.8, 4) is 0 Å². The molecule has 8 heteroatoms. The molecule has 1 unspecified atom stereocenters. The van der Waals surface area contributed by atoms with Gasteiger partial charge in [0.1, 0.15) is 18.7 Å². The summed E-state index contributed by atoms with van der Waals surface area (Å²) >= 11 is 2.01. The maximum Gasteiger partial charge on any atom is 0.337 e. The average Bonchev–Trinajstić information content (AvgIpc) is 2.93. The molecular weight excluding hydrogens is 375 g/mol. The summed E-state index contributed by atoms with van der Waals surface area (Å²) in [5.41, 5.74) is 0.311. The fourth-order valence-corrected chi connectivity index (χ4v) is 2.07. The average molecular weight is 386 g/mol. The number of carboxylic acids is 1. The number of carbonyl (C=O) groups is 2. The second-order valence-corrected chi connectivity index (χ2v) is 5.28. The molecule has 0 fully saturated rings. The minimum Gasteiger partial charge on any atom is -0.478 e. The Balaban J connectivity index is 2.22. The normalized spacial score (nSPS) is 11.9. The number of halogens is 1. The number of hydrogen-bond donors (Lipinski definition) is 2. The Bertz CT molecular complexity index is 642. The maximum atomic E-state index is 12.1. The van der Waals surface area contributed by atoms with E-state index in [0.29, 0.717) is 0 Å². The summed E-state index contributed by atoms with van der Waals surface area (Å²) in [7, 11) is 0. The van der Waals surface area contributed by atoms with E-state index in [0.717, 1.165) is 3.57 Å². The first kappa shape index (κ1) is 14.4. The first-order valence-corrected chi connectivity index (χ1v) is 6.74. The van der Waals surface area contributed by atoms with Crippen LogP contribution < -0.4 is 5.32 Å². The largest absolute Gasteiger partial charge is 0.478 e. The Morgan fingerprint density at radius 3 is 2.80 bits per heavy atom. The van der Waals surface area contributed by atoms with Crippen molar-refractivity contribution < 1.29 is 14.7 Å². The predicted octanol–water partition coefficient (Wildman–Crippen LogP) is 1.78. The highest BCUT2D eigenvalue weighted by molar-refractivity contribution is 14.1. The van der Waals surface area contributed by atoms with Gasteiger partial charge >= 0.3 is 5.97 Å². The minimum atomic E-state index is -1.09. The van der Waals surface area contributed by atoms with E-state index >= 15 is 0 Å². The highest BCUT2D eigenvalue weighted by Crippen LogP contribution is 2.20. The molecule has 2 N–H and O–H groups in total. The van der Waals surface area contributed by atoms with Crippen LogP contribution in [0.25, 0.3) is 0 Å². The number of rotatable bonds is 4. The smallest absolute Gasteiger partial charge is 0.337 e. The predicted molar refractivity (Wildman–Crippen MR) is 79.5 cm³/mol. The van der Waals surface area contributed by atoms with Gasteiger partial charge in [-0.05, 0) is 47.7 Å². The van der Waals surface area contributed by atoms with Crippen LogP contribution >= 0.6 is 22.6 Å². The van der Waals surface area contributed by atoms with Crippen molar-refractivity contribution in [1.29, 1.82) is 0 Å². The third kappa shape index (κ3) is 3.13. The van der Waals surface area contributed by atoms with Crippen molar-refractivity contribution in [2.45, 2.75) is 13.0 Å². The molecule has 0 bridgehead atoms. The Morgan fingerprint density at radius 2 is 2.20 bits per heavy atom. The monoisotopic (exact) mass is 386 g/mol. The molecule has 1 atom stereocenters. The van der Waals surface area contributed by atoms with E-state index in [1.807, 2.05) is 22.6 Å². The second kappa shape index (κ2) is 5.99. The molecule has 0 aliphatic heterocycles. The van der Waals surface area contributed by atoms with Gasteiger partial charge in [0.15, 0.2) is 0 Å². The molecule has 1 aromatic heterocycles. The molecule has 1 amide bonds. The van der Waals surface area contributed by atoms with Crippen LogP contribution in [-0.2, 0) is 4.79 Å². The van der Waals surface area contributed by atoms with Crippen molar-refractivity contribution in [2.75, 3.05) is 5.32 Å². The number of anilines is 1. The van der Waals surface area contributed by atoms with Gasteiger partial charge in [0.05, 0.1) is 11.3 Å². The highest BCUT2D eigenvalue weighted by Gasteiger charge is 2.18. The van der Waals surface area contributed by atoms with E-state index in [-0.39, 0.29) is 17.2 Å². The molecule has 7 nitrogen and oxygen atoms in total. The Kier molecular flexibility index (Phi) is 4.32. The molecule has 0 aliphatic rings. The lowest BCUT2D eigenvalue weighted by Gasteiger charge is -2.13. The summed E-state index contributed by atoms with van der Waals surface area (Å²) in [4.78, 5) is 27.0. The number of amides is 1. The summed E-state index contributed by atoms with van der Waals surface area (Å²) in [6.07, 6.45) is 2.76. The Hall–Kier alpha value is -1.97. The van der Waals surface area contributed by atoms with Gasteiger partial charge in [-0.3, -0.25) is 4.79 Å². The summed E-state index contributed by atoms with van der Waals surface area (Å²) < 4.78 is 2.17. The molecule has 1 heterocycles. The Morgan fingerprint density at radius 1 is 1.45 bits per heavy atom. The van der Waals surface area contributed by atoms with Crippen LogP contribution in [0.5, 0.6) is 0 Å². The lowest BCUT2D eigenvalue weighted by Crippen LogP contribution is -2.25. The highest BCUT2D eigenvalue weighted by atomic mass is 127. The van der Waals surface area contributed by atoms with Crippen LogP contribution in [0.2, 0.25) is 0 Å². The summed E-state index contributed by atoms with van der Waals surface area (Å²) in [5, 5.41) is 15.6. The number of aromatic carboxylic acids is 1. The zero-order valence-corrected chi connectivity index (χ0v) is 12.6. The first-order valence-electron chi connectivity index (χ1n) is 5.67. The zero-order chi connectivity index (χ0) is 14.7. The van der Waals surface area contributed by atoms with E-state index in [1.165, 1.54) is 23.4 Å².